The average Bonchev–Trinajstić information content (AvgIpc) is 2.26. The third-order valence-corrected chi connectivity index (χ3v) is 2.33. The summed E-state index contributed by atoms with van der Waals surface area (Å²) in [6.45, 7) is 4.12. The molecular weight excluding hydrogens is 180 g/mol. The van der Waals surface area contributed by atoms with Crippen LogP contribution in [0.4, 0.5) is 0 Å². The fourth-order valence-electron chi connectivity index (χ4n) is 1.50. The summed E-state index contributed by atoms with van der Waals surface area (Å²) in [4.78, 5) is 8.92. The first kappa shape index (κ1) is 11.0. The van der Waals surface area contributed by atoms with Crippen LogP contribution in [-0.2, 0) is 9.47 Å². The van der Waals surface area contributed by atoms with E-state index in [1.807, 2.05) is 0 Å². The highest BCUT2D eigenvalue weighted by atomic mass is 16.5. The Hall–Kier alpha value is -1.06. The summed E-state index contributed by atoms with van der Waals surface area (Å²) in [6.07, 6.45) is 1.77. The van der Waals surface area contributed by atoms with E-state index < -0.39 is 0 Å². The maximum atomic E-state index is 5.21. The van der Waals surface area contributed by atoms with Gasteiger partial charge in [-0.2, -0.15) is 0 Å². The smallest absolute Gasteiger partial charge is 0.209 e. The van der Waals surface area contributed by atoms with Gasteiger partial charge in [0.15, 0.2) is 0 Å². The molecule has 1 aliphatic heterocycles. The van der Waals surface area contributed by atoms with Crippen molar-refractivity contribution in [1.29, 1.82) is 0 Å². The Kier molecular flexibility index (Phi) is 3.92. The summed E-state index contributed by atoms with van der Waals surface area (Å²) in [7, 11) is 3.28. The Labute approximate surface area is 85.0 Å². The maximum absolute atomic E-state index is 5.21. The Morgan fingerprint density at radius 2 is 1.29 bits per heavy atom. The number of hydrogen-bond acceptors (Lipinski definition) is 4. The number of rotatable bonds is 2. The molecule has 0 bridgehead atoms. The molecular formula is C10H18N2O2. The summed E-state index contributed by atoms with van der Waals surface area (Å²) in [6, 6.07) is 0.0514. The summed E-state index contributed by atoms with van der Waals surface area (Å²) in [5, 5.41) is 0. The molecule has 0 N–H and O–H groups in total. The first-order valence-electron chi connectivity index (χ1n) is 5.00. The van der Waals surface area contributed by atoms with Crippen LogP contribution in [0, 0.1) is 0 Å². The summed E-state index contributed by atoms with van der Waals surface area (Å²) >= 11 is 0. The second-order valence-corrected chi connectivity index (χ2v) is 3.19. The van der Waals surface area contributed by atoms with Crippen molar-refractivity contribution in [3.63, 3.8) is 0 Å². The van der Waals surface area contributed by atoms with Crippen molar-refractivity contribution in [2.24, 2.45) is 9.98 Å². The van der Waals surface area contributed by atoms with Crippen molar-refractivity contribution in [3.8, 4) is 0 Å². The van der Waals surface area contributed by atoms with E-state index >= 15 is 0 Å². The van der Waals surface area contributed by atoms with E-state index in [1.165, 1.54) is 0 Å². The van der Waals surface area contributed by atoms with Gasteiger partial charge in [0.2, 0.25) is 11.8 Å². The number of nitrogens with zero attached hydrogens (tertiary/aromatic N) is 2. The van der Waals surface area contributed by atoms with Gasteiger partial charge in [-0.1, -0.05) is 13.8 Å². The lowest BCUT2D eigenvalue weighted by molar-refractivity contribution is 0.344. The summed E-state index contributed by atoms with van der Waals surface area (Å²) < 4.78 is 10.4. The van der Waals surface area contributed by atoms with Gasteiger partial charge in [-0.05, 0) is 12.8 Å². The van der Waals surface area contributed by atoms with Crippen LogP contribution < -0.4 is 0 Å². The molecule has 0 saturated heterocycles. The van der Waals surface area contributed by atoms with Crippen molar-refractivity contribution in [2.75, 3.05) is 14.2 Å². The Bertz CT molecular complexity index is 223. The first-order chi connectivity index (χ1) is 6.76. The molecule has 0 radical (unpaired) electrons. The zero-order chi connectivity index (χ0) is 10.6. The SMILES string of the molecule is CC[C@@H]1N=C(OC)[C@H](CC)N=C1OC. The quantitative estimate of drug-likeness (QED) is 0.677. The standard InChI is InChI=1S/C10H18N2O2/c1-5-7-9(13-3)12-8(6-2)10(11-7)14-4/h7-8H,5-6H2,1-4H3/t7-,8-/m0/s1. The number of methoxy groups -OCH3 is 2. The van der Waals surface area contributed by atoms with Crippen LogP contribution in [0.3, 0.4) is 0 Å². The van der Waals surface area contributed by atoms with Gasteiger partial charge < -0.3 is 9.47 Å². The van der Waals surface area contributed by atoms with Crippen LogP contribution in [0.15, 0.2) is 9.98 Å². The van der Waals surface area contributed by atoms with E-state index in [2.05, 4.69) is 23.8 Å². The van der Waals surface area contributed by atoms with Crippen molar-refractivity contribution in [2.45, 2.75) is 38.8 Å². The second-order valence-electron chi connectivity index (χ2n) is 3.19. The third kappa shape index (κ3) is 2.05. The van der Waals surface area contributed by atoms with E-state index in [0.29, 0.717) is 0 Å². The van der Waals surface area contributed by atoms with Crippen LogP contribution in [0.25, 0.3) is 0 Å². The van der Waals surface area contributed by atoms with Crippen LogP contribution in [-0.4, -0.2) is 38.1 Å². The highest BCUT2D eigenvalue weighted by Crippen LogP contribution is 2.15. The lowest BCUT2D eigenvalue weighted by atomic mass is 10.1. The van der Waals surface area contributed by atoms with Crippen LogP contribution >= 0.6 is 0 Å². The van der Waals surface area contributed by atoms with Gasteiger partial charge in [0.05, 0.1) is 14.2 Å². The molecule has 0 amide bonds. The third-order valence-electron chi connectivity index (χ3n) is 2.33. The van der Waals surface area contributed by atoms with E-state index in [0.717, 1.165) is 24.6 Å². The van der Waals surface area contributed by atoms with Gasteiger partial charge in [-0.3, -0.25) is 0 Å². The van der Waals surface area contributed by atoms with Crippen LogP contribution in [0.2, 0.25) is 0 Å². The topological polar surface area (TPSA) is 43.2 Å². The van der Waals surface area contributed by atoms with Gasteiger partial charge in [0.25, 0.3) is 0 Å². The van der Waals surface area contributed by atoms with E-state index in [1.54, 1.807) is 14.2 Å². The zero-order valence-corrected chi connectivity index (χ0v) is 9.28. The highest BCUT2D eigenvalue weighted by molar-refractivity contribution is 5.93. The lowest BCUT2D eigenvalue weighted by Gasteiger charge is -2.23. The molecule has 80 valence electrons. The zero-order valence-electron chi connectivity index (χ0n) is 9.28. The molecule has 0 unspecified atom stereocenters. The number of ether oxygens (including phenoxy) is 2. The van der Waals surface area contributed by atoms with Crippen molar-refractivity contribution < 1.29 is 9.47 Å². The molecule has 1 aliphatic rings. The number of aliphatic imine (C=N–C) groups is 2. The maximum Gasteiger partial charge on any atom is 0.209 e. The Morgan fingerprint density at radius 1 is 0.929 bits per heavy atom. The second kappa shape index (κ2) is 4.98. The predicted molar refractivity (Wildman–Crippen MR) is 57.0 cm³/mol. The molecule has 0 aliphatic carbocycles. The van der Waals surface area contributed by atoms with Crippen molar-refractivity contribution in [1.82, 2.24) is 0 Å². The molecule has 0 saturated carbocycles. The molecule has 4 nitrogen and oxygen atoms in total. The molecule has 1 heterocycles. The van der Waals surface area contributed by atoms with Gasteiger partial charge in [-0.15, -0.1) is 0 Å². The Balaban J connectivity index is 2.86. The van der Waals surface area contributed by atoms with Gasteiger partial charge in [-0.25, -0.2) is 9.98 Å². The Morgan fingerprint density at radius 3 is 1.50 bits per heavy atom. The van der Waals surface area contributed by atoms with Gasteiger partial charge in [0.1, 0.15) is 12.1 Å². The van der Waals surface area contributed by atoms with E-state index in [4.69, 9.17) is 9.47 Å². The lowest BCUT2D eigenvalue weighted by Crippen LogP contribution is -2.34. The fourth-order valence-corrected chi connectivity index (χ4v) is 1.50. The largest absolute Gasteiger partial charge is 0.483 e. The van der Waals surface area contributed by atoms with Crippen molar-refractivity contribution >= 4 is 11.8 Å². The number of hydrogen-bond donors (Lipinski definition) is 0. The van der Waals surface area contributed by atoms with Gasteiger partial charge >= 0.3 is 0 Å². The molecule has 4 heteroatoms. The van der Waals surface area contributed by atoms with Crippen molar-refractivity contribution in [3.05, 3.63) is 0 Å². The molecule has 1 rings (SSSR count). The van der Waals surface area contributed by atoms with Crippen LogP contribution in [0.1, 0.15) is 26.7 Å². The average molecular weight is 198 g/mol. The summed E-state index contributed by atoms with van der Waals surface area (Å²) in [5.41, 5.74) is 0. The highest BCUT2D eigenvalue weighted by Gasteiger charge is 2.26. The molecule has 0 fully saturated rings. The van der Waals surface area contributed by atoms with E-state index in [-0.39, 0.29) is 12.1 Å². The molecule has 0 aromatic rings. The first-order valence-corrected chi connectivity index (χ1v) is 5.00. The molecule has 0 spiro atoms. The molecule has 0 aromatic carbocycles. The van der Waals surface area contributed by atoms with Crippen LogP contribution in [0.5, 0.6) is 0 Å². The van der Waals surface area contributed by atoms with Gasteiger partial charge in [0, 0.05) is 0 Å². The minimum atomic E-state index is 0.0257. The molecule has 14 heavy (non-hydrogen) atoms. The fraction of sp³-hybridized carbons (Fsp3) is 0.800. The molecule has 2 atom stereocenters. The van der Waals surface area contributed by atoms with E-state index in [9.17, 15) is 0 Å². The summed E-state index contributed by atoms with van der Waals surface area (Å²) in [5.74, 6) is 1.44. The minimum Gasteiger partial charge on any atom is -0.483 e. The monoisotopic (exact) mass is 198 g/mol. The molecule has 0 aromatic heterocycles. The predicted octanol–water partition coefficient (Wildman–Crippen LogP) is 1.65. The normalized spacial score (nSPS) is 26.6. The minimum absolute atomic E-state index is 0.0257.